The van der Waals surface area contributed by atoms with Crippen molar-refractivity contribution in [2.45, 2.75) is 19.5 Å². The van der Waals surface area contributed by atoms with Gasteiger partial charge in [0, 0.05) is 17.5 Å². The van der Waals surface area contributed by atoms with Gasteiger partial charge in [-0.15, -0.1) is 0 Å². The molecule has 1 heterocycles. The molecule has 1 aliphatic carbocycles. The Labute approximate surface area is 136 Å². The molecule has 1 fully saturated rings. The normalized spacial score (nSPS) is 15.3. The van der Waals surface area contributed by atoms with Crippen LogP contribution in [-0.2, 0) is 0 Å². The fraction of sp³-hybridized carbons (Fsp3) is 0.375. The maximum absolute atomic E-state index is 12.3. The minimum atomic E-state index is -2.92. The summed E-state index contributed by atoms with van der Waals surface area (Å²) in [6, 6.07) is 6.04. The average molecular weight is 337 g/mol. The van der Waals surface area contributed by atoms with Crippen LogP contribution in [0.5, 0.6) is 5.75 Å². The van der Waals surface area contributed by atoms with Crippen molar-refractivity contribution in [1.82, 2.24) is 15.5 Å². The maximum atomic E-state index is 12.3. The third kappa shape index (κ3) is 3.53. The van der Waals surface area contributed by atoms with E-state index in [2.05, 4.69) is 20.3 Å². The molecule has 1 saturated carbocycles. The van der Waals surface area contributed by atoms with Crippen LogP contribution in [0.2, 0.25) is 0 Å². The van der Waals surface area contributed by atoms with Gasteiger partial charge < -0.3 is 15.2 Å². The molecule has 0 saturated heterocycles. The highest BCUT2D eigenvalue weighted by Gasteiger charge is 2.42. The number of carbonyl (C=O) groups is 1. The predicted octanol–water partition coefficient (Wildman–Crippen LogP) is 2.18. The summed E-state index contributed by atoms with van der Waals surface area (Å²) in [5.74, 6) is -0.334. The number of aliphatic hydroxyl groups is 1. The second kappa shape index (κ2) is 6.56. The molecule has 6 nitrogen and oxygen atoms in total. The first kappa shape index (κ1) is 16.4. The van der Waals surface area contributed by atoms with Crippen molar-refractivity contribution in [3.05, 3.63) is 36.0 Å². The number of halogens is 2. The van der Waals surface area contributed by atoms with E-state index in [9.17, 15) is 18.7 Å². The standard InChI is InChI=1S/C16H17F2N3O3/c17-15(18)24-11-3-1-2-10(6-11)13-12(7-20-21-13)14(23)19-8-16(9-22)4-5-16/h1-3,6-7,15,22H,4-5,8-9H2,(H,19,23)(H,20,21). The number of alkyl halides is 2. The Hall–Kier alpha value is -2.48. The molecular formula is C16H17F2N3O3. The summed E-state index contributed by atoms with van der Waals surface area (Å²) in [4.78, 5) is 12.3. The van der Waals surface area contributed by atoms with Gasteiger partial charge in [0.05, 0.1) is 24.1 Å². The third-order valence-electron chi connectivity index (χ3n) is 4.15. The largest absolute Gasteiger partial charge is 0.435 e. The van der Waals surface area contributed by atoms with Gasteiger partial charge in [0.25, 0.3) is 5.91 Å². The lowest BCUT2D eigenvalue weighted by Crippen LogP contribution is -2.31. The highest BCUT2D eigenvalue weighted by atomic mass is 19.3. The van der Waals surface area contributed by atoms with Gasteiger partial charge in [-0.25, -0.2) is 0 Å². The van der Waals surface area contributed by atoms with Crippen LogP contribution in [0.3, 0.4) is 0 Å². The average Bonchev–Trinajstić information content (AvgIpc) is 3.18. The van der Waals surface area contributed by atoms with E-state index in [0.717, 1.165) is 12.8 Å². The van der Waals surface area contributed by atoms with Gasteiger partial charge in [-0.05, 0) is 25.0 Å². The quantitative estimate of drug-likeness (QED) is 0.723. The summed E-state index contributed by atoms with van der Waals surface area (Å²) < 4.78 is 29.0. The van der Waals surface area contributed by atoms with Crippen LogP contribution in [0.4, 0.5) is 8.78 Å². The van der Waals surface area contributed by atoms with Gasteiger partial charge in [-0.3, -0.25) is 9.89 Å². The summed E-state index contributed by atoms with van der Waals surface area (Å²) >= 11 is 0. The second-order valence-electron chi connectivity index (χ2n) is 5.91. The number of nitrogens with zero attached hydrogens (tertiary/aromatic N) is 1. The summed E-state index contributed by atoms with van der Waals surface area (Å²) in [7, 11) is 0. The van der Waals surface area contributed by atoms with Crippen molar-refractivity contribution in [2.24, 2.45) is 5.41 Å². The number of hydrogen-bond donors (Lipinski definition) is 3. The van der Waals surface area contributed by atoms with Crippen molar-refractivity contribution < 1.29 is 23.4 Å². The first-order valence-electron chi connectivity index (χ1n) is 7.51. The van der Waals surface area contributed by atoms with Gasteiger partial charge in [-0.1, -0.05) is 12.1 Å². The number of carbonyl (C=O) groups excluding carboxylic acids is 1. The Morgan fingerprint density at radius 2 is 2.25 bits per heavy atom. The van der Waals surface area contributed by atoms with Gasteiger partial charge in [-0.2, -0.15) is 13.9 Å². The molecule has 1 aromatic carbocycles. The Morgan fingerprint density at radius 3 is 2.92 bits per heavy atom. The summed E-state index contributed by atoms with van der Waals surface area (Å²) in [6.07, 6.45) is 3.15. The molecule has 2 aromatic rings. The molecule has 8 heteroatoms. The van der Waals surface area contributed by atoms with Crippen LogP contribution in [0.1, 0.15) is 23.2 Å². The first-order chi connectivity index (χ1) is 11.5. The Balaban J connectivity index is 1.76. The molecule has 0 atom stereocenters. The number of benzene rings is 1. The molecule has 0 unspecified atom stereocenters. The van der Waals surface area contributed by atoms with Crippen molar-refractivity contribution in [3.8, 4) is 17.0 Å². The number of aromatic nitrogens is 2. The van der Waals surface area contributed by atoms with Gasteiger partial charge in [0.15, 0.2) is 0 Å². The van der Waals surface area contributed by atoms with E-state index in [1.807, 2.05) is 0 Å². The van der Waals surface area contributed by atoms with E-state index in [1.54, 1.807) is 12.1 Å². The summed E-state index contributed by atoms with van der Waals surface area (Å²) in [6.45, 7) is -2.49. The van der Waals surface area contributed by atoms with Gasteiger partial charge in [0.2, 0.25) is 0 Å². The molecular weight excluding hydrogens is 320 g/mol. The summed E-state index contributed by atoms with van der Waals surface area (Å²) in [5.41, 5.74) is 1.03. The minimum absolute atomic E-state index is 0.000622. The van der Waals surface area contributed by atoms with Crippen LogP contribution >= 0.6 is 0 Å². The number of H-pyrrole nitrogens is 1. The molecule has 1 aliphatic rings. The number of amides is 1. The van der Waals surface area contributed by atoms with Crippen molar-refractivity contribution >= 4 is 5.91 Å². The van der Waals surface area contributed by atoms with E-state index < -0.39 is 6.61 Å². The zero-order valence-corrected chi connectivity index (χ0v) is 12.8. The van der Waals surface area contributed by atoms with Crippen LogP contribution in [-0.4, -0.2) is 41.0 Å². The Bertz CT molecular complexity index is 729. The predicted molar refractivity (Wildman–Crippen MR) is 81.7 cm³/mol. The Morgan fingerprint density at radius 1 is 1.46 bits per heavy atom. The smallest absolute Gasteiger partial charge is 0.387 e. The maximum Gasteiger partial charge on any atom is 0.387 e. The number of rotatable bonds is 7. The molecule has 24 heavy (non-hydrogen) atoms. The van der Waals surface area contributed by atoms with Gasteiger partial charge >= 0.3 is 6.61 Å². The molecule has 0 spiro atoms. The molecule has 3 rings (SSSR count). The Kier molecular flexibility index (Phi) is 4.48. The number of aliphatic hydroxyl groups excluding tert-OH is 1. The molecule has 3 N–H and O–H groups in total. The molecule has 1 aromatic heterocycles. The molecule has 0 aliphatic heterocycles. The van der Waals surface area contributed by atoms with E-state index in [1.165, 1.54) is 18.3 Å². The fourth-order valence-corrected chi connectivity index (χ4v) is 2.44. The van der Waals surface area contributed by atoms with Crippen LogP contribution in [0.15, 0.2) is 30.5 Å². The number of ether oxygens (including phenoxy) is 1. The van der Waals surface area contributed by atoms with Gasteiger partial charge in [0.1, 0.15) is 5.75 Å². The SMILES string of the molecule is O=C(NCC1(CO)CC1)c1cn[nH]c1-c1cccc(OC(F)F)c1. The lowest BCUT2D eigenvalue weighted by Gasteiger charge is -2.13. The second-order valence-corrected chi connectivity index (χ2v) is 5.91. The van der Waals surface area contributed by atoms with Crippen molar-refractivity contribution in [2.75, 3.05) is 13.2 Å². The van der Waals surface area contributed by atoms with E-state index >= 15 is 0 Å². The van der Waals surface area contributed by atoms with E-state index in [-0.39, 0.29) is 23.7 Å². The van der Waals surface area contributed by atoms with Crippen LogP contribution in [0.25, 0.3) is 11.3 Å². The van der Waals surface area contributed by atoms with Crippen LogP contribution < -0.4 is 10.1 Å². The van der Waals surface area contributed by atoms with Crippen molar-refractivity contribution in [1.29, 1.82) is 0 Å². The first-order valence-corrected chi connectivity index (χ1v) is 7.51. The molecule has 128 valence electrons. The third-order valence-corrected chi connectivity index (χ3v) is 4.15. The molecule has 0 radical (unpaired) electrons. The van der Waals surface area contributed by atoms with Crippen molar-refractivity contribution in [3.63, 3.8) is 0 Å². The zero-order chi connectivity index (χ0) is 17.2. The van der Waals surface area contributed by atoms with E-state index in [4.69, 9.17) is 0 Å². The zero-order valence-electron chi connectivity index (χ0n) is 12.8. The lowest BCUT2D eigenvalue weighted by molar-refractivity contribution is -0.0498. The number of aromatic amines is 1. The molecule has 1 amide bonds. The lowest BCUT2D eigenvalue weighted by atomic mass is 10.1. The topological polar surface area (TPSA) is 87.2 Å². The fourth-order valence-electron chi connectivity index (χ4n) is 2.44. The van der Waals surface area contributed by atoms with Crippen LogP contribution in [0, 0.1) is 5.41 Å². The monoisotopic (exact) mass is 337 g/mol. The number of nitrogens with one attached hydrogen (secondary N) is 2. The van der Waals surface area contributed by atoms with E-state index in [0.29, 0.717) is 23.4 Å². The molecule has 0 bridgehead atoms. The highest BCUT2D eigenvalue weighted by molar-refractivity contribution is 5.99. The highest BCUT2D eigenvalue weighted by Crippen LogP contribution is 2.44. The minimum Gasteiger partial charge on any atom is -0.435 e. The summed E-state index contributed by atoms with van der Waals surface area (Å²) in [5, 5.41) is 18.6. The number of hydrogen-bond acceptors (Lipinski definition) is 4.